The van der Waals surface area contributed by atoms with Gasteiger partial charge in [-0.15, -0.1) is 0 Å². The van der Waals surface area contributed by atoms with Gasteiger partial charge < -0.3 is 8.84 Å². The fourth-order valence-electron chi connectivity index (χ4n) is 5.46. The molecular formula is C34H36FNO2Si. The lowest BCUT2D eigenvalue weighted by atomic mass is 9.96. The van der Waals surface area contributed by atoms with Crippen LogP contribution in [-0.4, -0.2) is 13.3 Å². The Bertz CT molecular complexity index is 1500. The van der Waals surface area contributed by atoms with Gasteiger partial charge in [-0.05, 0) is 58.1 Å². The maximum atomic E-state index is 13.6. The van der Waals surface area contributed by atoms with Crippen molar-refractivity contribution in [1.29, 1.82) is 0 Å². The van der Waals surface area contributed by atoms with E-state index in [-0.39, 0.29) is 16.8 Å². The van der Waals surface area contributed by atoms with Crippen LogP contribution in [0, 0.1) is 5.82 Å². The van der Waals surface area contributed by atoms with Crippen LogP contribution in [0.25, 0.3) is 22.4 Å². The van der Waals surface area contributed by atoms with Gasteiger partial charge in [-0.25, -0.2) is 9.37 Å². The molecule has 0 bridgehead atoms. The number of aromatic nitrogens is 1. The molecule has 1 unspecified atom stereocenters. The fraction of sp³-hybridized carbons (Fsp3) is 0.265. The van der Waals surface area contributed by atoms with Crippen molar-refractivity contribution in [3.63, 3.8) is 0 Å². The first-order valence-electron chi connectivity index (χ1n) is 13.7. The van der Waals surface area contributed by atoms with E-state index in [1.165, 1.54) is 22.5 Å². The molecule has 0 N–H and O–H groups in total. The van der Waals surface area contributed by atoms with Crippen molar-refractivity contribution in [2.75, 3.05) is 0 Å². The zero-order valence-corrected chi connectivity index (χ0v) is 24.4. The molecule has 0 aliphatic carbocycles. The van der Waals surface area contributed by atoms with Crippen LogP contribution in [0.2, 0.25) is 5.04 Å². The average Bonchev–Trinajstić information content (AvgIpc) is 3.36. The molecule has 5 rings (SSSR count). The van der Waals surface area contributed by atoms with Gasteiger partial charge in [0.05, 0.1) is 12.3 Å². The molecule has 39 heavy (non-hydrogen) atoms. The summed E-state index contributed by atoms with van der Waals surface area (Å²) in [5.41, 5.74) is 4.41. The summed E-state index contributed by atoms with van der Waals surface area (Å²) in [7, 11) is -2.71. The van der Waals surface area contributed by atoms with Gasteiger partial charge in [-0.2, -0.15) is 0 Å². The van der Waals surface area contributed by atoms with Crippen molar-refractivity contribution in [3.05, 3.63) is 114 Å². The van der Waals surface area contributed by atoms with Crippen LogP contribution in [0.5, 0.6) is 0 Å². The van der Waals surface area contributed by atoms with Gasteiger partial charge in [0.15, 0.2) is 5.58 Å². The molecule has 0 radical (unpaired) electrons. The lowest BCUT2D eigenvalue weighted by Crippen LogP contribution is -2.66. The van der Waals surface area contributed by atoms with Gasteiger partial charge in [0.25, 0.3) is 8.32 Å². The highest BCUT2D eigenvalue weighted by Gasteiger charge is 2.50. The van der Waals surface area contributed by atoms with Crippen LogP contribution < -0.4 is 10.4 Å². The Balaban J connectivity index is 1.59. The summed E-state index contributed by atoms with van der Waals surface area (Å²) < 4.78 is 27.2. The van der Waals surface area contributed by atoms with E-state index in [0.29, 0.717) is 6.61 Å². The van der Waals surface area contributed by atoms with Crippen molar-refractivity contribution in [2.24, 2.45) is 0 Å². The Morgan fingerprint density at radius 1 is 0.872 bits per heavy atom. The molecule has 2 aromatic heterocycles. The summed E-state index contributed by atoms with van der Waals surface area (Å²) in [4.78, 5) is 4.92. The van der Waals surface area contributed by atoms with E-state index in [1.807, 2.05) is 6.07 Å². The minimum atomic E-state index is -2.71. The summed E-state index contributed by atoms with van der Waals surface area (Å²) in [6, 6.07) is 31.8. The molecule has 200 valence electrons. The van der Waals surface area contributed by atoms with E-state index in [1.54, 1.807) is 12.1 Å². The van der Waals surface area contributed by atoms with Crippen molar-refractivity contribution in [2.45, 2.75) is 58.6 Å². The third kappa shape index (κ3) is 5.21. The first-order chi connectivity index (χ1) is 18.7. The maximum Gasteiger partial charge on any atom is 0.261 e. The molecule has 1 atom stereocenters. The number of nitrogens with zero attached hydrogens (tertiary/aromatic N) is 1. The Kier molecular flexibility index (Phi) is 7.56. The molecule has 0 saturated heterocycles. The lowest BCUT2D eigenvalue weighted by Gasteiger charge is -2.42. The third-order valence-corrected chi connectivity index (χ3v) is 12.7. The topological polar surface area (TPSA) is 35.3 Å². The Morgan fingerprint density at radius 2 is 1.46 bits per heavy atom. The van der Waals surface area contributed by atoms with Gasteiger partial charge in [-0.3, -0.25) is 0 Å². The largest absolute Gasteiger partial charge is 0.457 e. The Morgan fingerprint density at radius 3 is 2.00 bits per heavy atom. The van der Waals surface area contributed by atoms with Crippen LogP contribution >= 0.6 is 0 Å². The zero-order valence-electron chi connectivity index (χ0n) is 23.4. The molecule has 0 aliphatic heterocycles. The number of hydrogen-bond acceptors (Lipinski definition) is 3. The molecule has 2 heterocycles. The molecule has 0 aliphatic rings. The molecular weight excluding hydrogens is 501 g/mol. The number of benzene rings is 3. The second kappa shape index (κ2) is 10.9. The average molecular weight is 538 g/mol. The lowest BCUT2D eigenvalue weighted by molar-refractivity contribution is 0.257. The van der Waals surface area contributed by atoms with E-state index in [2.05, 4.69) is 101 Å². The highest BCUT2D eigenvalue weighted by Crippen LogP contribution is 2.38. The minimum absolute atomic E-state index is 0.127. The molecule has 3 aromatic carbocycles. The van der Waals surface area contributed by atoms with Crippen molar-refractivity contribution in [1.82, 2.24) is 4.98 Å². The van der Waals surface area contributed by atoms with Crippen LogP contribution in [0.1, 0.15) is 58.3 Å². The Labute approximate surface area is 231 Å². The van der Waals surface area contributed by atoms with Crippen molar-refractivity contribution < 1.29 is 13.2 Å². The quantitative estimate of drug-likeness (QED) is 0.187. The van der Waals surface area contributed by atoms with Gasteiger partial charge in [0, 0.05) is 17.2 Å². The molecule has 0 saturated carbocycles. The van der Waals surface area contributed by atoms with E-state index in [0.717, 1.165) is 40.1 Å². The first-order valence-corrected chi connectivity index (χ1v) is 15.6. The summed E-state index contributed by atoms with van der Waals surface area (Å²) in [6.45, 7) is 11.5. The maximum absolute atomic E-state index is 13.6. The van der Waals surface area contributed by atoms with E-state index >= 15 is 0 Å². The molecule has 5 aromatic rings. The Hall–Kier alpha value is -3.54. The molecule has 0 spiro atoms. The molecule has 0 amide bonds. The van der Waals surface area contributed by atoms with Crippen molar-refractivity contribution >= 4 is 29.8 Å². The van der Waals surface area contributed by atoms with Crippen LogP contribution in [0.3, 0.4) is 0 Å². The van der Waals surface area contributed by atoms with E-state index in [4.69, 9.17) is 13.8 Å². The number of furan rings is 1. The van der Waals surface area contributed by atoms with E-state index in [9.17, 15) is 4.39 Å². The molecule has 0 fully saturated rings. The predicted octanol–water partition coefficient (Wildman–Crippen LogP) is 8.22. The molecule has 5 heteroatoms. The summed E-state index contributed by atoms with van der Waals surface area (Å²) >= 11 is 0. The van der Waals surface area contributed by atoms with Gasteiger partial charge in [0.2, 0.25) is 0 Å². The second-order valence-electron chi connectivity index (χ2n) is 11.3. The van der Waals surface area contributed by atoms with Gasteiger partial charge >= 0.3 is 0 Å². The zero-order chi connectivity index (χ0) is 27.6. The minimum Gasteiger partial charge on any atom is -0.457 e. The fourth-order valence-corrected chi connectivity index (χ4v) is 9.98. The highest BCUT2D eigenvalue weighted by atomic mass is 28.4. The monoisotopic (exact) mass is 537 g/mol. The van der Waals surface area contributed by atoms with Crippen LogP contribution in [-0.2, 0) is 11.0 Å². The van der Waals surface area contributed by atoms with Crippen LogP contribution in [0.4, 0.5) is 4.39 Å². The van der Waals surface area contributed by atoms with Crippen molar-refractivity contribution in [3.8, 4) is 11.3 Å². The standard InChI is InChI=1S/C34H36FNO2Si/c1-6-24(2)30-22-31(25-17-19-26(35)20-18-25)36-32-21-27(38-33(30)32)23-37-39(34(3,4)5,28-13-9-7-10-14-28)29-15-11-8-12-16-29/h7-22,24H,6,23H2,1-5H3. The second-order valence-corrected chi connectivity index (χ2v) is 15.6. The third-order valence-electron chi connectivity index (χ3n) is 7.69. The number of pyridine rings is 1. The number of hydrogen-bond donors (Lipinski definition) is 0. The highest BCUT2D eigenvalue weighted by molar-refractivity contribution is 6.99. The van der Waals surface area contributed by atoms with Gasteiger partial charge in [-0.1, -0.05) is 95.3 Å². The SMILES string of the molecule is CCC(C)c1cc(-c2ccc(F)cc2)nc2cc(CO[Si](c3ccccc3)(c3ccccc3)C(C)(C)C)oc12. The normalized spacial score (nSPS) is 13.1. The number of halogens is 1. The summed E-state index contributed by atoms with van der Waals surface area (Å²) in [5.74, 6) is 0.783. The predicted molar refractivity (Wildman–Crippen MR) is 161 cm³/mol. The smallest absolute Gasteiger partial charge is 0.261 e. The molecule has 3 nitrogen and oxygen atoms in total. The summed E-state index contributed by atoms with van der Waals surface area (Å²) in [5, 5.41) is 2.34. The van der Waals surface area contributed by atoms with Gasteiger partial charge in [0.1, 0.15) is 17.1 Å². The van der Waals surface area contributed by atoms with E-state index < -0.39 is 8.32 Å². The first kappa shape index (κ1) is 27.0. The number of fused-ring (bicyclic) bond motifs is 1. The van der Waals surface area contributed by atoms with Crippen LogP contribution in [0.15, 0.2) is 101 Å². The number of rotatable bonds is 8. The summed E-state index contributed by atoms with van der Waals surface area (Å²) in [6.07, 6.45) is 0.969.